The Balaban J connectivity index is 1.81. The van der Waals surface area contributed by atoms with E-state index in [1.807, 2.05) is 36.4 Å². The standard InChI is InChI=1S/C21H19BrN4O/c1-12(13-3-4-13)24-21-17-7-5-14(9-18(17)25-26-19(21)11-23)16-8-6-15(22)10-20(16)27-2/h5-10,12-13H,3-4H2,1-2H3,(H,24,25). The van der Waals surface area contributed by atoms with Gasteiger partial charge in [0, 0.05) is 21.5 Å². The number of nitrogens with zero attached hydrogens (tertiary/aromatic N) is 3. The number of halogens is 1. The number of fused-ring (bicyclic) bond motifs is 1. The number of nitrogens with one attached hydrogen (secondary N) is 1. The average Bonchev–Trinajstić information content (AvgIpc) is 3.53. The van der Waals surface area contributed by atoms with Crippen LogP contribution in [-0.2, 0) is 0 Å². The molecular weight excluding hydrogens is 404 g/mol. The van der Waals surface area contributed by atoms with Crippen molar-refractivity contribution < 1.29 is 4.74 Å². The zero-order valence-corrected chi connectivity index (χ0v) is 16.7. The molecule has 1 N–H and O–H groups in total. The highest BCUT2D eigenvalue weighted by molar-refractivity contribution is 9.10. The van der Waals surface area contributed by atoms with E-state index < -0.39 is 0 Å². The van der Waals surface area contributed by atoms with Crippen molar-refractivity contribution >= 4 is 32.5 Å². The van der Waals surface area contributed by atoms with Crippen molar-refractivity contribution in [2.45, 2.75) is 25.8 Å². The number of hydrogen-bond donors (Lipinski definition) is 1. The van der Waals surface area contributed by atoms with Crippen molar-refractivity contribution in [2.24, 2.45) is 5.92 Å². The molecular formula is C21H19BrN4O. The molecule has 0 aliphatic heterocycles. The van der Waals surface area contributed by atoms with E-state index in [0.29, 0.717) is 17.7 Å². The number of methoxy groups -OCH3 is 1. The van der Waals surface area contributed by atoms with Crippen LogP contribution in [0.4, 0.5) is 5.69 Å². The molecule has 0 bridgehead atoms. The highest BCUT2D eigenvalue weighted by Gasteiger charge is 2.29. The first-order valence-electron chi connectivity index (χ1n) is 8.91. The quantitative estimate of drug-likeness (QED) is 0.615. The van der Waals surface area contributed by atoms with Crippen molar-refractivity contribution in [2.75, 3.05) is 12.4 Å². The minimum atomic E-state index is 0.316. The molecule has 0 radical (unpaired) electrons. The second-order valence-electron chi connectivity index (χ2n) is 6.88. The Morgan fingerprint density at radius 3 is 2.74 bits per heavy atom. The summed E-state index contributed by atoms with van der Waals surface area (Å²) in [4.78, 5) is 0. The van der Waals surface area contributed by atoms with Crippen LogP contribution in [0.15, 0.2) is 40.9 Å². The molecule has 1 saturated carbocycles. The minimum absolute atomic E-state index is 0.316. The fourth-order valence-electron chi connectivity index (χ4n) is 3.34. The van der Waals surface area contributed by atoms with Gasteiger partial charge in [-0.25, -0.2) is 0 Å². The van der Waals surface area contributed by atoms with Crippen molar-refractivity contribution in [3.63, 3.8) is 0 Å². The molecule has 27 heavy (non-hydrogen) atoms. The van der Waals surface area contributed by atoms with Gasteiger partial charge in [0.15, 0.2) is 5.69 Å². The summed E-state index contributed by atoms with van der Waals surface area (Å²) in [6, 6.07) is 14.4. The maximum Gasteiger partial charge on any atom is 0.186 e. The van der Waals surface area contributed by atoms with Crippen molar-refractivity contribution in [3.8, 4) is 22.9 Å². The van der Waals surface area contributed by atoms with E-state index in [1.54, 1.807) is 7.11 Å². The topological polar surface area (TPSA) is 70.8 Å². The largest absolute Gasteiger partial charge is 0.496 e. The monoisotopic (exact) mass is 422 g/mol. The molecule has 1 unspecified atom stereocenters. The van der Waals surface area contributed by atoms with Crippen LogP contribution in [0.1, 0.15) is 25.5 Å². The molecule has 1 aromatic heterocycles. The Bertz CT molecular complexity index is 1060. The molecule has 0 amide bonds. The molecule has 1 heterocycles. The van der Waals surface area contributed by atoms with Gasteiger partial charge < -0.3 is 10.1 Å². The first-order chi connectivity index (χ1) is 13.1. The summed E-state index contributed by atoms with van der Waals surface area (Å²) in [6.07, 6.45) is 2.47. The van der Waals surface area contributed by atoms with Crippen LogP contribution >= 0.6 is 15.9 Å². The third kappa shape index (κ3) is 3.47. The Hall–Kier alpha value is -2.65. The number of hydrogen-bond acceptors (Lipinski definition) is 5. The zero-order valence-electron chi connectivity index (χ0n) is 15.2. The van der Waals surface area contributed by atoms with Gasteiger partial charge in [-0.15, -0.1) is 10.2 Å². The molecule has 4 rings (SSSR count). The summed E-state index contributed by atoms with van der Waals surface area (Å²) >= 11 is 3.47. The first kappa shape index (κ1) is 17.7. The molecule has 0 spiro atoms. The fourth-order valence-corrected chi connectivity index (χ4v) is 3.68. The predicted octanol–water partition coefficient (Wildman–Crippen LogP) is 5.15. The average molecular weight is 423 g/mol. The molecule has 6 heteroatoms. The lowest BCUT2D eigenvalue weighted by molar-refractivity contribution is 0.416. The van der Waals surface area contributed by atoms with Crippen molar-refractivity contribution in [1.82, 2.24) is 10.2 Å². The Morgan fingerprint density at radius 1 is 1.22 bits per heavy atom. The van der Waals surface area contributed by atoms with Gasteiger partial charge in [0.2, 0.25) is 0 Å². The molecule has 2 aromatic carbocycles. The molecule has 0 saturated heterocycles. The number of anilines is 1. The van der Waals surface area contributed by atoms with E-state index in [1.165, 1.54) is 12.8 Å². The second kappa shape index (κ2) is 7.16. The summed E-state index contributed by atoms with van der Waals surface area (Å²) in [6.45, 7) is 2.16. The molecule has 5 nitrogen and oxygen atoms in total. The van der Waals surface area contributed by atoms with Crippen LogP contribution in [-0.4, -0.2) is 23.3 Å². The minimum Gasteiger partial charge on any atom is -0.496 e. The van der Waals surface area contributed by atoms with Gasteiger partial charge in [-0.2, -0.15) is 5.26 Å². The van der Waals surface area contributed by atoms with Crippen LogP contribution < -0.4 is 10.1 Å². The van der Waals surface area contributed by atoms with Crippen molar-refractivity contribution in [1.29, 1.82) is 5.26 Å². The van der Waals surface area contributed by atoms with Crippen LogP contribution in [0.3, 0.4) is 0 Å². The number of benzene rings is 2. The number of ether oxygens (including phenoxy) is 1. The lowest BCUT2D eigenvalue weighted by Gasteiger charge is -2.17. The van der Waals surface area contributed by atoms with Gasteiger partial charge in [0.25, 0.3) is 0 Å². The smallest absolute Gasteiger partial charge is 0.186 e. The molecule has 1 atom stereocenters. The Kier molecular flexibility index (Phi) is 4.71. The third-order valence-corrected chi connectivity index (χ3v) is 5.54. The van der Waals surface area contributed by atoms with Crippen LogP contribution in [0.5, 0.6) is 5.75 Å². The van der Waals surface area contributed by atoms with Crippen LogP contribution in [0, 0.1) is 17.2 Å². The highest BCUT2D eigenvalue weighted by Crippen LogP contribution is 2.37. The van der Waals surface area contributed by atoms with Crippen LogP contribution in [0.25, 0.3) is 22.0 Å². The number of nitriles is 1. The summed E-state index contributed by atoms with van der Waals surface area (Å²) in [5.74, 6) is 1.46. The summed E-state index contributed by atoms with van der Waals surface area (Å²) < 4.78 is 6.48. The van der Waals surface area contributed by atoms with Crippen LogP contribution in [0.2, 0.25) is 0 Å². The van der Waals surface area contributed by atoms with Gasteiger partial charge in [-0.1, -0.05) is 22.0 Å². The summed E-state index contributed by atoms with van der Waals surface area (Å²) in [7, 11) is 1.66. The van der Waals surface area contributed by atoms with Crippen molar-refractivity contribution in [3.05, 3.63) is 46.6 Å². The highest BCUT2D eigenvalue weighted by atomic mass is 79.9. The second-order valence-corrected chi connectivity index (χ2v) is 7.80. The number of aromatic nitrogens is 2. The van der Waals surface area contributed by atoms with E-state index in [-0.39, 0.29) is 0 Å². The third-order valence-electron chi connectivity index (χ3n) is 5.04. The Morgan fingerprint density at radius 2 is 2.04 bits per heavy atom. The summed E-state index contributed by atoms with van der Waals surface area (Å²) in [5.41, 5.74) is 3.84. The van der Waals surface area contributed by atoms with Gasteiger partial charge >= 0.3 is 0 Å². The van der Waals surface area contributed by atoms with Gasteiger partial charge in [-0.3, -0.25) is 0 Å². The van der Waals surface area contributed by atoms with Gasteiger partial charge in [0.05, 0.1) is 18.3 Å². The molecule has 1 aliphatic rings. The molecule has 136 valence electrons. The predicted molar refractivity (Wildman–Crippen MR) is 110 cm³/mol. The maximum absolute atomic E-state index is 9.46. The summed E-state index contributed by atoms with van der Waals surface area (Å²) in [5, 5.41) is 22.3. The first-order valence-corrected chi connectivity index (χ1v) is 9.71. The fraction of sp³-hybridized carbons (Fsp3) is 0.286. The lowest BCUT2D eigenvalue weighted by Crippen LogP contribution is -2.19. The normalized spacial score (nSPS) is 14.6. The van der Waals surface area contributed by atoms with E-state index in [2.05, 4.69) is 44.4 Å². The van der Waals surface area contributed by atoms with E-state index >= 15 is 0 Å². The molecule has 3 aromatic rings. The van der Waals surface area contributed by atoms with E-state index in [4.69, 9.17) is 4.74 Å². The SMILES string of the molecule is COc1cc(Br)ccc1-c1ccc2c(NC(C)C3CC3)c(C#N)nnc2c1. The number of rotatable bonds is 5. The van der Waals surface area contributed by atoms with Gasteiger partial charge in [-0.05, 0) is 61.6 Å². The zero-order chi connectivity index (χ0) is 19.0. The van der Waals surface area contributed by atoms with E-state index in [0.717, 1.165) is 37.9 Å². The van der Waals surface area contributed by atoms with E-state index in [9.17, 15) is 5.26 Å². The molecule has 1 fully saturated rings. The van der Waals surface area contributed by atoms with Gasteiger partial charge in [0.1, 0.15) is 11.8 Å². The lowest BCUT2D eigenvalue weighted by atomic mass is 10.0. The molecule has 1 aliphatic carbocycles. The maximum atomic E-state index is 9.46. The Labute approximate surface area is 166 Å².